The van der Waals surface area contributed by atoms with Crippen LogP contribution in [0.2, 0.25) is 0 Å². The highest BCUT2D eigenvalue weighted by molar-refractivity contribution is 7.38. The number of rotatable bonds is 9. The van der Waals surface area contributed by atoms with Gasteiger partial charge in [-0.3, -0.25) is 14.7 Å². The minimum atomic E-state index is -2.43. The molecule has 0 aliphatic heterocycles. The molecule has 2 aliphatic carbocycles. The summed E-state index contributed by atoms with van der Waals surface area (Å²) in [5.41, 5.74) is 0. The molecule has 162 valence electrons. The highest BCUT2D eigenvalue weighted by Gasteiger charge is 2.25. The van der Waals surface area contributed by atoms with Crippen molar-refractivity contribution >= 4 is 20.1 Å². The fourth-order valence-electron chi connectivity index (χ4n) is 4.34. The summed E-state index contributed by atoms with van der Waals surface area (Å²) in [6.07, 6.45) is 8.44. The summed E-state index contributed by atoms with van der Waals surface area (Å²) in [7, 11) is -2.43. The van der Waals surface area contributed by atoms with Gasteiger partial charge in [0.15, 0.2) is 8.03 Å². The van der Waals surface area contributed by atoms with Gasteiger partial charge < -0.3 is 19.5 Å². The third-order valence-electron chi connectivity index (χ3n) is 5.82. The van der Waals surface area contributed by atoms with E-state index in [2.05, 4.69) is 5.32 Å². The number of nitrogens with one attached hydrogen (secondary N) is 1. The average Bonchev–Trinajstić information content (AvgIpc) is 2.67. The molecular formula is C19H34NO7P. The van der Waals surface area contributed by atoms with Crippen LogP contribution in [-0.2, 0) is 18.8 Å². The predicted octanol–water partition coefficient (Wildman–Crippen LogP) is 3.17. The molecule has 0 spiro atoms. The Kier molecular flexibility index (Phi) is 10.3. The zero-order valence-electron chi connectivity index (χ0n) is 16.4. The van der Waals surface area contributed by atoms with Gasteiger partial charge in [-0.1, -0.05) is 32.1 Å². The van der Waals surface area contributed by atoms with Crippen LogP contribution in [0.25, 0.3) is 0 Å². The predicted molar refractivity (Wildman–Crippen MR) is 104 cm³/mol. The van der Waals surface area contributed by atoms with Gasteiger partial charge in [-0.05, 0) is 50.4 Å². The quantitative estimate of drug-likeness (QED) is 0.298. The van der Waals surface area contributed by atoms with E-state index < -0.39 is 27.1 Å². The van der Waals surface area contributed by atoms with Crippen molar-refractivity contribution in [2.45, 2.75) is 76.9 Å². The maximum absolute atomic E-state index is 11.9. The Hall–Kier alpha value is -1.11. The van der Waals surface area contributed by atoms with Gasteiger partial charge in [0.05, 0.1) is 5.92 Å². The van der Waals surface area contributed by atoms with Gasteiger partial charge in [-0.15, -0.1) is 0 Å². The molecule has 0 saturated heterocycles. The first-order valence-corrected chi connectivity index (χ1v) is 12.0. The number of aliphatic hydroxyl groups excluding tert-OH is 1. The lowest BCUT2D eigenvalue weighted by atomic mass is 9.80. The molecule has 0 bridgehead atoms. The summed E-state index contributed by atoms with van der Waals surface area (Å²) in [4.78, 5) is 32.6. The van der Waals surface area contributed by atoms with Gasteiger partial charge in [0.25, 0.3) is 0 Å². The van der Waals surface area contributed by atoms with Crippen molar-refractivity contribution in [1.82, 2.24) is 5.32 Å². The SMILES string of the molecule is O=C(NC(O)CCC1CCCC(C[PH](=O)O)C1)OCOC(=O)C1CCCCC1. The van der Waals surface area contributed by atoms with Crippen LogP contribution >= 0.6 is 8.03 Å². The third kappa shape index (κ3) is 8.93. The van der Waals surface area contributed by atoms with Crippen LogP contribution in [0.15, 0.2) is 0 Å². The molecule has 8 nitrogen and oxygen atoms in total. The summed E-state index contributed by atoms with van der Waals surface area (Å²) in [5, 5.41) is 12.3. The van der Waals surface area contributed by atoms with Crippen LogP contribution in [0.3, 0.4) is 0 Å². The lowest BCUT2D eigenvalue weighted by molar-refractivity contribution is -0.158. The zero-order valence-corrected chi connectivity index (χ0v) is 17.4. The molecule has 2 aliphatic rings. The molecule has 9 heteroatoms. The number of ether oxygens (including phenoxy) is 2. The van der Waals surface area contributed by atoms with Gasteiger partial charge in [0, 0.05) is 6.16 Å². The molecule has 4 atom stereocenters. The molecule has 0 aromatic heterocycles. The maximum Gasteiger partial charge on any atom is 0.412 e. The number of carbonyl (C=O) groups is 2. The average molecular weight is 419 g/mol. The highest BCUT2D eigenvalue weighted by Crippen LogP contribution is 2.35. The van der Waals surface area contributed by atoms with E-state index in [0.717, 1.165) is 64.2 Å². The van der Waals surface area contributed by atoms with Crippen LogP contribution in [0, 0.1) is 17.8 Å². The smallest absolute Gasteiger partial charge is 0.412 e. The van der Waals surface area contributed by atoms with Crippen LogP contribution in [-0.4, -0.2) is 41.2 Å². The van der Waals surface area contributed by atoms with Crippen LogP contribution in [0.5, 0.6) is 0 Å². The van der Waals surface area contributed by atoms with Crippen molar-refractivity contribution in [2.75, 3.05) is 13.0 Å². The Morgan fingerprint density at radius 3 is 2.46 bits per heavy atom. The van der Waals surface area contributed by atoms with Crippen LogP contribution < -0.4 is 5.32 Å². The maximum atomic E-state index is 11.9. The second kappa shape index (κ2) is 12.5. The molecule has 0 radical (unpaired) electrons. The Labute approximate surface area is 167 Å². The summed E-state index contributed by atoms with van der Waals surface area (Å²) in [6.45, 7) is -0.446. The second-order valence-electron chi connectivity index (χ2n) is 8.08. The topological polar surface area (TPSA) is 122 Å². The number of esters is 1. The van der Waals surface area contributed by atoms with Gasteiger partial charge in [0.2, 0.25) is 6.79 Å². The van der Waals surface area contributed by atoms with E-state index in [1.807, 2.05) is 0 Å². The van der Waals surface area contributed by atoms with E-state index in [1.54, 1.807) is 0 Å². The number of hydrogen-bond acceptors (Lipinski definition) is 6. The molecule has 2 saturated carbocycles. The van der Waals surface area contributed by atoms with E-state index in [9.17, 15) is 19.3 Å². The van der Waals surface area contributed by atoms with Crippen molar-refractivity contribution in [1.29, 1.82) is 0 Å². The molecule has 0 aromatic rings. The summed E-state index contributed by atoms with van der Waals surface area (Å²) < 4.78 is 20.8. The molecule has 1 amide bonds. The molecule has 28 heavy (non-hydrogen) atoms. The van der Waals surface area contributed by atoms with Gasteiger partial charge in [0.1, 0.15) is 6.23 Å². The minimum Gasteiger partial charge on any atom is -0.428 e. The fourth-order valence-corrected chi connectivity index (χ4v) is 5.20. The normalized spacial score (nSPS) is 25.5. The molecule has 0 aromatic carbocycles. The number of alkyl carbamates (subject to hydrolysis) is 1. The van der Waals surface area contributed by atoms with E-state index in [1.165, 1.54) is 0 Å². The molecule has 4 unspecified atom stereocenters. The zero-order chi connectivity index (χ0) is 20.4. The van der Waals surface area contributed by atoms with E-state index >= 15 is 0 Å². The number of amides is 1. The first-order chi connectivity index (χ1) is 13.4. The number of carbonyl (C=O) groups excluding carboxylic acids is 2. The first kappa shape index (κ1) is 23.2. The van der Waals surface area contributed by atoms with Gasteiger partial charge >= 0.3 is 12.1 Å². The summed E-state index contributed by atoms with van der Waals surface area (Å²) in [6, 6.07) is 0. The van der Waals surface area contributed by atoms with Crippen molar-refractivity contribution < 1.29 is 33.6 Å². The van der Waals surface area contributed by atoms with E-state index in [0.29, 0.717) is 18.5 Å². The Morgan fingerprint density at radius 2 is 1.75 bits per heavy atom. The number of aliphatic hydroxyl groups is 1. The van der Waals surface area contributed by atoms with Crippen molar-refractivity contribution in [3.05, 3.63) is 0 Å². The van der Waals surface area contributed by atoms with Gasteiger partial charge in [-0.25, -0.2) is 4.79 Å². The third-order valence-corrected chi connectivity index (χ3v) is 6.74. The largest absolute Gasteiger partial charge is 0.428 e. The lowest BCUT2D eigenvalue weighted by Crippen LogP contribution is -2.36. The van der Waals surface area contributed by atoms with Crippen LogP contribution in [0.4, 0.5) is 4.79 Å². The highest BCUT2D eigenvalue weighted by atomic mass is 31.1. The standard InChI is InChI=1S/C19H34NO7P/c21-17(10-9-14-5-4-6-15(11-14)12-28(24)25)20-19(23)27-13-26-18(22)16-7-2-1-3-8-16/h14-17,21,28H,1-13H2,(H,20,23)(H,24,25). The minimum absolute atomic E-state index is 0.102. The second-order valence-corrected chi connectivity index (χ2v) is 9.28. The van der Waals surface area contributed by atoms with E-state index in [-0.39, 0.29) is 17.8 Å². The molecule has 2 fully saturated rings. The number of hydrogen-bond donors (Lipinski definition) is 3. The van der Waals surface area contributed by atoms with Crippen LogP contribution in [0.1, 0.15) is 70.6 Å². The monoisotopic (exact) mass is 419 g/mol. The molecule has 2 rings (SSSR count). The van der Waals surface area contributed by atoms with Crippen molar-refractivity contribution in [3.63, 3.8) is 0 Å². The van der Waals surface area contributed by atoms with Crippen molar-refractivity contribution in [3.8, 4) is 0 Å². The van der Waals surface area contributed by atoms with Crippen molar-refractivity contribution in [2.24, 2.45) is 17.8 Å². The Morgan fingerprint density at radius 1 is 1.04 bits per heavy atom. The lowest BCUT2D eigenvalue weighted by Gasteiger charge is -2.29. The molecular weight excluding hydrogens is 385 g/mol. The van der Waals surface area contributed by atoms with Gasteiger partial charge in [-0.2, -0.15) is 0 Å². The molecule has 0 heterocycles. The first-order valence-electron chi connectivity index (χ1n) is 10.4. The Bertz CT molecular complexity index is 524. The molecule has 3 N–H and O–H groups in total. The summed E-state index contributed by atoms with van der Waals surface area (Å²) >= 11 is 0. The summed E-state index contributed by atoms with van der Waals surface area (Å²) in [5.74, 6) is 0.244. The Balaban J connectivity index is 1.56. The fraction of sp³-hybridized carbons (Fsp3) is 0.895. The van der Waals surface area contributed by atoms with E-state index in [4.69, 9.17) is 14.4 Å².